The summed E-state index contributed by atoms with van der Waals surface area (Å²) < 4.78 is 5.49. The highest BCUT2D eigenvalue weighted by Gasteiger charge is 2.07. The van der Waals surface area contributed by atoms with E-state index in [1.807, 2.05) is 30.3 Å². The molecule has 0 atom stereocenters. The molecule has 1 amide bonds. The van der Waals surface area contributed by atoms with Crippen LogP contribution >= 0.6 is 11.3 Å². The van der Waals surface area contributed by atoms with Crippen LogP contribution in [0.4, 0.5) is 0 Å². The summed E-state index contributed by atoms with van der Waals surface area (Å²) in [4.78, 5) is 13.2. The van der Waals surface area contributed by atoms with E-state index in [4.69, 9.17) is 9.84 Å². The Morgan fingerprint density at radius 2 is 2.05 bits per heavy atom. The Hall–Kier alpha value is -2.29. The van der Waals surface area contributed by atoms with E-state index in [0.717, 1.165) is 10.6 Å². The molecule has 0 saturated heterocycles. The van der Waals surface area contributed by atoms with E-state index in [0.29, 0.717) is 18.0 Å². The number of carbonyl (C=O) groups is 1. The van der Waals surface area contributed by atoms with Gasteiger partial charge in [0.05, 0.1) is 16.3 Å². The molecule has 0 aliphatic rings. The Kier molecular flexibility index (Phi) is 5.83. The first kappa shape index (κ1) is 15.1. The van der Waals surface area contributed by atoms with Crippen LogP contribution in [0.15, 0.2) is 42.5 Å². The van der Waals surface area contributed by atoms with Crippen molar-refractivity contribution in [2.75, 3.05) is 19.8 Å². The second-order valence-electron chi connectivity index (χ2n) is 4.04. The molecular formula is C16H15NO3S. The first-order chi connectivity index (χ1) is 10.3. The molecule has 0 radical (unpaired) electrons. The SMILES string of the molecule is O=C(NCCOc1ccccc1)c1ccc(C#CCO)s1. The number of para-hydroxylation sites is 1. The van der Waals surface area contributed by atoms with E-state index in [1.165, 1.54) is 11.3 Å². The molecule has 4 nitrogen and oxygen atoms in total. The molecule has 0 saturated carbocycles. The number of thiophene rings is 1. The number of hydrogen-bond donors (Lipinski definition) is 2. The number of amides is 1. The van der Waals surface area contributed by atoms with Crippen LogP contribution in [-0.4, -0.2) is 30.8 Å². The Labute approximate surface area is 127 Å². The van der Waals surface area contributed by atoms with Gasteiger partial charge in [-0.2, -0.15) is 0 Å². The largest absolute Gasteiger partial charge is 0.492 e. The zero-order valence-corrected chi connectivity index (χ0v) is 12.2. The maximum atomic E-state index is 11.9. The van der Waals surface area contributed by atoms with Crippen molar-refractivity contribution in [1.29, 1.82) is 0 Å². The minimum atomic E-state index is -0.184. The molecule has 2 aromatic rings. The van der Waals surface area contributed by atoms with E-state index in [-0.39, 0.29) is 12.5 Å². The fraction of sp³-hybridized carbons (Fsp3) is 0.188. The summed E-state index contributed by atoms with van der Waals surface area (Å²) >= 11 is 1.30. The normalized spacial score (nSPS) is 9.57. The molecule has 1 aromatic heterocycles. The van der Waals surface area contributed by atoms with Crippen LogP contribution < -0.4 is 10.1 Å². The van der Waals surface area contributed by atoms with Crippen LogP contribution in [0.1, 0.15) is 14.5 Å². The van der Waals surface area contributed by atoms with Gasteiger partial charge in [-0.05, 0) is 24.3 Å². The summed E-state index contributed by atoms with van der Waals surface area (Å²) in [5, 5.41) is 11.4. The van der Waals surface area contributed by atoms with Crippen LogP contribution in [0.3, 0.4) is 0 Å². The highest BCUT2D eigenvalue weighted by Crippen LogP contribution is 2.15. The van der Waals surface area contributed by atoms with E-state index in [9.17, 15) is 4.79 Å². The number of nitrogens with one attached hydrogen (secondary N) is 1. The molecule has 0 aliphatic carbocycles. The number of hydrogen-bond acceptors (Lipinski definition) is 4. The van der Waals surface area contributed by atoms with Crippen molar-refractivity contribution in [3.05, 3.63) is 52.2 Å². The van der Waals surface area contributed by atoms with Crippen LogP contribution in [0.25, 0.3) is 0 Å². The number of rotatable bonds is 5. The van der Waals surface area contributed by atoms with Gasteiger partial charge in [0.2, 0.25) is 0 Å². The fourth-order valence-corrected chi connectivity index (χ4v) is 2.39. The molecule has 0 unspecified atom stereocenters. The third-order valence-electron chi connectivity index (χ3n) is 2.52. The van der Waals surface area contributed by atoms with Gasteiger partial charge in [-0.1, -0.05) is 30.0 Å². The van der Waals surface area contributed by atoms with Gasteiger partial charge >= 0.3 is 0 Å². The maximum Gasteiger partial charge on any atom is 0.261 e. The lowest BCUT2D eigenvalue weighted by Gasteiger charge is -2.06. The lowest BCUT2D eigenvalue weighted by molar-refractivity contribution is 0.0951. The Morgan fingerprint density at radius 3 is 2.81 bits per heavy atom. The average Bonchev–Trinajstić information content (AvgIpc) is 2.99. The number of aliphatic hydroxyl groups excluding tert-OH is 1. The highest BCUT2D eigenvalue weighted by molar-refractivity contribution is 7.14. The van der Waals surface area contributed by atoms with Crippen molar-refractivity contribution in [1.82, 2.24) is 5.32 Å². The molecule has 0 spiro atoms. The van der Waals surface area contributed by atoms with Crippen molar-refractivity contribution >= 4 is 17.2 Å². The van der Waals surface area contributed by atoms with Gasteiger partial charge < -0.3 is 15.2 Å². The van der Waals surface area contributed by atoms with Crippen LogP contribution in [0.5, 0.6) is 5.75 Å². The van der Waals surface area contributed by atoms with Crippen LogP contribution in [-0.2, 0) is 0 Å². The first-order valence-corrected chi connectivity index (χ1v) is 7.27. The minimum Gasteiger partial charge on any atom is -0.492 e. The van der Waals surface area contributed by atoms with Gasteiger partial charge in [-0.15, -0.1) is 11.3 Å². The summed E-state index contributed by atoms with van der Waals surface area (Å²) in [7, 11) is 0. The first-order valence-electron chi connectivity index (χ1n) is 6.45. The molecular weight excluding hydrogens is 286 g/mol. The molecule has 0 bridgehead atoms. The van der Waals surface area contributed by atoms with Gasteiger partial charge in [-0.3, -0.25) is 4.79 Å². The molecule has 5 heteroatoms. The van der Waals surface area contributed by atoms with Gasteiger partial charge in [0.25, 0.3) is 5.91 Å². The smallest absolute Gasteiger partial charge is 0.261 e. The molecule has 0 fully saturated rings. The van der Waals surface area contributed by atoms with Gasteiger partial charge in [0, 0.05) is 0 Å². The van der Waals surface area contributed by atoms with Crippen LogP contribution in [0, 0.1) is 11.8 Å². The van der Waals surface area contributed by atoms with Crippen molar-refractivity contribution in [2.45, 2.75) is 0 Å². The molecule has 108 valence electrons. The topological polar surface area (TPSA) is 58.6 Å². The fourth-order valence-electron chi connectivity index (χ4n) is 1.59. The average molecular weight is 301 g/mol. The van der Waals surface area contributed by atoms with Crippen molar-refractivity contribution in [2.24, 2.45) is 0 Å². The summed E-state index contributed by atoms with van der Waals surface area (Å²) in [6.45, 7) is 0.665. The zero-order valence-electron chi connectivity index (χ0n) is 11.3. The second kappa shape index (κ2) is 8.10. The van der Waals surface area contributed by atoms with Gasteiger partial charge in [0.1, 0.15) is 19.0 Å². The second-order valence-corrected chi connectivity index (χ2v) is 5.12. The number of carbonyl (C=O) groups excluding carboxylic acids is 1. The maximum absolute atomic E-state index is 11.9. The Bertz CT molecular complexity index is 640. The number of aliphatic hydroxyl groups is 1. The predicted molar refractivity (Wildman–Crippen MR) is 82.6 cm³/mol. The molecule has 0 aliphatic heterocycles. The van der Waals surface area contributed by atoms with Crippen LogP contribution in [0.2, 0.25) is 0 Å². The Balaban J connectivity index is 1.75. The van der Waals surface area contributed by atoms with Crippen molar-refractivity contribution in [3.63, 3.8) is 0 Å². The zero-order chi connectivity index (χ0) is 14.9. The predicted octanol–water partition coefficient (Wildman–Crippen LogP) is 1.90. The molecule has 1 heterocycles. The summed E-state index contributed by atoms with van der Waals surface area (Å²) in [6, 6.07) is 12.9. The lowest BCUT2D eigenvalue weighted by Crippen LogP contribution is -2.27. The number of ether oxygens (including phenoxy) is 1. The molecule has 21 heavy (non-hydrogen) atoms. The molecule has 1 aromatic carbocycles. The van der Waals surface area contributed by atoms with E-state index in [1.54, 1.807) is 12.1 Å². The monoisotopic (exact) mass is 301 g/mol. The summed E-state index contributed by atoms with van der Waals surface area (Å²) in [6.07, 6.45) is 0. The van der Waals surface area contributed by atoms with Gasteiger partial charge in [-0.25, -0.2) is 0 Å². The third kappa shape index (κ3) is 4.95. The molecule has 2 rings (SSSR count). The van der Waals surface area contributed by atoms with E-state index < -0.39 is 0 Å². The quantitative estimate of drug-likeness (QED) is 0.655. The lowest BCUT2D eigenvalue weighted by atomic mass is 10.3. The highest BCUT2D eigenvalue weighted by atomic mass is 32.1. The third-order valence-corrected chi connectivity index (χ3v) is 3.52. The molecule has 2 N–H and O–H groups in total. The minimum absolute atomic E-state index is 0.145. The van der Waals surface area contributed by atoms with Crippen molar-refractivity contribution < 1.29 is 14.6 Å². The summed E-state index contributed by atoms with van der Waals surface area (Å²) in [5.41, 5.74) is 0. The van der Waals surface area contributed by atoms with Crippen molar-refractivity contribution in [3.8, 4) is 17.6 Å². The van der Waals surface area contributed by atoms with E-state index >= 15 is 0 Å². The summed E-state index contributed by atoms with van der Waals surface area (Å²) in [5.74, 6) is 5.96. The van der Waals surface area contributed by atoms with Gasteiger partial charge in [0.15, 0.2) is 0 Å². The number of benzene rings is 1. The van der Waals surface area contributed by atoms with E-state index in [2.05, 4.69) is 17.2 Å². The standard InChI is InChI=1S/C16H15NO3S/c18-11-4-7-14-8-9-15(21-14)16(19)17-10-12-20-13-5-2-1-3-6-13/h1-3,5-6,8-9,18H,10-12H2,(H,17,19). The Morgan fingerprint density at radius 1 is 1.24 bits per heavy atom.